The van der Waals surface area contributed by atoms with E-state index in [2.05, 4.69) is 40.2 Å². The van der Waals surface area contributed by atoms with E-state index in [0.717, 1.165) is 28.6 Å². The second kappa shape index (κ2) is 4.84. The van der Waals surface area contributed by atoms with Crippen LogP contribution in [0.15, 0.2) is 28.7 Å². The summed E-state index contributed by atoms with van der Waals surface area (Å²) in [6.07, 6.45) is 8.88. The first-order chi connectivity index (χ1) is 9.63. The van der Waals surface area contributed by atoms with E-state index in [-0.39, 0.29) is 11.5 Å². The van der Waals surface area contributed by atoms with Crippen LogP contribution in [0.5, 0.6) is 0 Å². The van der Waals surface area contributed by atoms with Gasteiger partial charge in [0.25, 0.3) is 0 Å². The first kappa shape index (κ1) is 13.3. The van der Waals surface area contributed by atoms with E-state index in [1.165, 1.54) is 44.1 Å². The normalized spacial score (nSPS) is 40.0. The number of hydrogen-bond acceptors (Lipinski definition) is 1. The SMILES string of the molecule is OC(Cc1cccc(Br)c1)C12CC3CC(CC(C3)C1)C2. The number of aliphatic hydroxyl groups is 1. The van der Waals surface area contributed by atoms with E-state index in [0.29, 0.717) is 0 Å². The molecule has 1 nitrogen and oxygen atoms in total. The van der Waals surface area contributed by atoms with Crippen molar-refractivity contribution in [2.75, 3.05) is 0 Å². The molecule has 0 aliphatic heterocycles. The van der Waals surface area contributed by atoms with Crippen LogP contribution in [-0.4, -0.2) is 11.2 Å². The van der Waals surface area contributed by atoms with Crippen LogP contribution in [-0.2, 0) is 6.42 Å². The number of aliphatic hydroxyl groups excluding tert-OH is 1. The van der Waals surface area contributed by atoms with Crippen molar-refractivity contribution in [3.63, 3.8) is 0 Å². The smallest absolute Gasteiger partial charge is 0.0637 e. The number of hydrogen-bond donors (Lipinski definition) is 1. The average Bonchev–Trinajstić information content (AvgIpc) is 2.37. The summed E-state index contributed by atoms with van der Waals surface area (Å²) in [5.74, 6) is 2.75. The van der Waals surface area contributed by atoms with Gasteiger partial charge in [0.2, 0.25) is 0 Å². The number of rotatable bonds is 3. The molecule has 0 amide bonds. The minimum atomic E-state index is -0.148. The molecule has 5 rings (SSSR count). The van der Waals surface area contributed by atoms with Crippen molar-refractivity contribution in [1.82, 2.24) is 0 Å². The summed E-state index contributed by atoms with van der Waals surface area (Å²) in [4.78, 5) is 0. The van der Waals surface area contributed by atoms with Gasteiger partial charge in [-0.25, -0.2) is 0 Å². The monoisotopic (exact) mass is 334 g/mol. The van der Waals surface area contributed by atoms with Crippen molar-refractivity contribution in [1.29, 1.82) is 0 Å². The highest BCUT2D eigenvalue weighted by Crippen LogP contribution is 2.61. The summed E-state index contributed by atoms with van der Waals surface area (Å²) in [5, 5.41) is 10.9. The molecule has 0 aromatic heterocycles. The first-order valence-corrected chi connectivity index (χ1v) is 8.85. The van der Waals surface area contributed by atoms with Crippen molar-refractivity contribution in [3.05, 3.63) is 34.3 Å². The molecular formula is C18H23BrO. The molecule has 0 heterocycles. The minimum absolute atomic E-state index is 0.148. The van der Waals surface area contributed by atoms with Crippen molar-refractivity contribution in [2.45, 2.75) is 51.0 Å². The molecule has 1 atom stereocenters. The third-order valence-electron chi connectivity index (χ3n) is 6.11. The Hall–Kier alpha value is -0.340. The third-order valence-corrected chi connectivity index (χ3v) is 6.60. The molecule has 4 fully saturated rings. The molecule has 1 aromatic carbocycles. The molecule has 108 valence electrons. The Balaban J connectivity index is 1.54. The summed E-state index contributed by atoms with van der Waals surface area (Å²) in [6.45, 7) is 0. The molecule has 1 unspecified atom stereocenters. The summed E-state index contributed by atoms with van der Waals surface area (Å²) >= 11 is 3.53. The van der Waals surface area contributed by atoms with Crippen LogP contribution in [0.4, 0.5) is 0 Å². The van der Waals surface area contributed by atoms with Crippen LogP contribution < -0.4 is 0 Å². The second-order valence-electron chi connectivity index (χ2n) is 7.63. The van der Waals surface area contributed by atoms with E-state index in [4.69, 9.17) is 0 Å². The maximum Gasteiger partial charge on any atom is 0.0637 e. The van der Waals surface area contributed by atoms with Gasteiger partial charge in [0, 0.05) is 4.47 Å². The predicted octanol–water partition coefficient (Wildman–Crippen LogP) is 4.57. The highest BCUT2D eigenvalue weighted by molar-refractivity contribution is 9.10. The zero-order chi connectivity index (χ0) is 13.7. The van der Waals surface area contributed by atoms with Crippen LogP contribution in [0, 0.1) is 23.2 Å². The van der Waals surface area contributed by atoms with E-state index >= 15 is 0 Å². The van der Waals surface area contributed by atoms with Crippen molar-refractivity contribution < 1.29 is 5.11 Å². The lowest BCUT2D eigenvalue weighted by Crippen LogP contribution is -2.52. The van der Waals surface area contributed by atoms with Crippen LogP contribution in [0.3, 0.4) is 0 Å². The Morgan fingerprint density at radius 1 is 1.10 bits per heavy atom. The predicted molar refractivity (Wildman–Crippen MR) is 84.5 cm³/mol. The van der Waals surface area contributed by atoms with Crippen LogP contribution >= 0.6 is 15.9 Å². The lowest BCUT2D eigenvalue weighted by atomic mass is 9.48. The summed E-state index contributed by atoms with van der Waals surface area (Å²) < 4.78 is 1.12. The van der Waals surface area contributed by atoms with E-state index in [9.17, 15) is 5.11 Å². The largest absolute Gasteiger partial charge is 0.392 e. The van der Waals surface area contributed by atoms with Gasteiger partial charge in [-0.2, -0.15) is 0 Å². The maximum absolute atomic E-state index is 10.9. The highest BCUT2D eigenvalue weighted by Gasteiger charge is 2.53. The van der Waals surface area contributed by atoms with E-state index < -0.39 is 0 Å². The number of halogens is 1. The van der Waals surface area contributed by atoms with Gasteiger partial charge in [0.15, 0.2) is 0 Å². The standard InChI is InChI=1S/C18H23BrO/c19-16-3-1-2-12(7-16)8-17(20)18-9-13-4-14(10-18)6-15(5-13)11-18/h1-3,7,13-15,17,20H,4-6,8-11H2. The Morgan fingerprint density at radius 2 is 1.70 bits per heavy atom. The van der Waals surface area contributed by atoms with E-state index in [1.54, 1.807) is 0 Å². The van der Waals surface area contributed by atoms with Gasteiger partial charge in [-0.3, -0.25) is 0 Å². The molecule has 1 aromatic rings. The first-order valence-electron chi connectivity index (χ1n) is 8.05. The molecule has 0 saturated heterocycles. The maximum atomic E-state index is 10.9. The quantitative estimate of drug-likeness (QED) is 0.858. The summed E-state index contributed by atoms with van der Waals surface area (Å²) in [6, 6.07) is 8.44. The second-order valence-corrected chi connectivity index (χ2v) is 8.55. The Labute approximate surface area is 129 Å². The molecule has 4 saturated carbocycles. The van der Waals surface area contributed by atoms with Gasteiger partial charge in [-0.15, -0.1) is 0 Å². The van der Waals surface area contributed by atoms with Gasteiger partial charge in [-0.05, 0) is 85.8 Å². The van der Waals surface area contributed by atoms with Gasteiger partial charge in [-0.1, -0.05) is 28.1 Å². The van der Waals surface area contributed by atoms with Crippen LogP contribution in [0.25, 0.3) is 0 Å². The molecule has 4 aliphatic carbocycles. The van der Waals surface area contributed by atoms with Gasteiger partial charge in [0.05, 0.1) is 6.10 Å². The van der Waals surface area contributed by atoms with E-state index in [1.807, 2.05) is 0 Å². The zero-order valence-electron chi connectivity index (χ0n) is 11.9. The Morgan fingerprint density at radius 3 is 2.25 bits per heavy atom. The third kappa shape index (κ3) is 2.25. The average molecular weight is 335 g/mol. The molecule has 20 heavy (non-hydrogen) atoms. The molecule has 2 heteroatoms. The summed E-state index contributed by atoms with van der Waals surface area (Å²) in [7, 11) is 0. The van der Waals surface area contributed by atoms with Gasteiger partial charge in [0.1, 0.15) is 0 Å². The van der Waals surface area contributed by atoms with Crippen molar-refractivity contribution >= 4 is 15.9 Å². The topological polar surface area (TPSA) is 20.2 Å². The molecule has 4 aliphatic rings. The minimum Gasteiger partial charge on any atom is -0.392 e. The van der Waals surface area contributed by atoms with Gasteiger partial charge < -0.3 is 5.11 Å². The van der Waals surface area contributed by atoms with Crippen LogP contribution in [0.1, 0.15) is 44.1 Å². The molecule has 0 spiro atoms. The lowest BCUT2D eigenvalue weighted by molar-refractivity contribution is -0.119. The molecule has 0 radical (unpaired) electrons. The highest BCUT2D eigenvalue weighted by atomic mass is 79.9. The number of benzene rings is 1. The lowest BCUT2D eigenvalue weighted by Gasteiger charge is -2.58. The fraction of sp³-hybridized carbons (Fsp3) is 0.667. The van der Waals surface area contributed by atoms with Crippen LogP contribution in [0.2, 0.25) is 0 Å². The fourth-order valence-electron chi connectivity index (χ4n) is 5.69. The molecular weight excluding hydrogens is 312 g/mol. The molecule has 4 bridgehead atoms. The fourth-order valence-corrected chi connectivity index (χ4v) is 6.14. The molecule has 1 N–H and O–H groups in total. The van der Waals surface area contributed by atoms with Crippen molar-refractivity contribution in [3.8, 4) is 0 Å². The zero-order valence-corrected chi connectivity index (χ0v) is 13.5. The Bertz CT molecular complexity index is 475. The summed E-state index contributed by atoms with van der Waals surface area (Å²) in [5.41, 5.74) is 1.51. The Kier molecular flexibility index (Phi) is 3.23. The van der Waals surface area contributed by atoms with Gasteiger partial charge >= 0.3 is 0 Å². The van der Waals surface area contributed by atoms with Crippen molar-refractivity contribution in [2.24, 2.45) is 23.2 Å².